The molecule has 0 fully saturated rings. The van der Waals surface area contributed by atoms with Crippen molar-refractivity contribution in [1.29, 1.82) is 0 Å². The molecule has 0 aliphatic rings. The van der Waals surface area contributed by atoms with E-state index < -0.39 is 0 Å². The highest BCUT2D eigenvalue weighted by Crippen LogP contribution is 2.24. The maximum absolute atomic E-state index is 2.65. The molecule has 74 heavy (non-hydrogen) atoms. The van der Waals surface area contributed by atoms with Gasteiger partial charge in [0.05, 0.1) is 0 Å². The average Bonchev–Trinajstić information content (AvgIpc) is 3.42. The third-order valence-corrected chi connectivity index (χ3v) is 16.6. The van der Waals surface area contributed by atoms with Gasteiger partial charge in [0, 0.05) is 0 Å². The molecule has 425 valence electrons. The molecular formula is C74H129. The second-order valence-electron chi connectivity index (χ2n) is 24.0. The van der Waals surface area contributed by atoms with E-state index in [0.29, 0.717) is 5.92 Å². The van der Waals surface area contributed by atoms with Gasteiger partial charge in [-0.25, -0.2) is 0 Å². The summed E-state index contributed by atoms with van der Waals surface area (Å²) in [7, 11) is 0. The maximum Gasteiger partial charge on any atom is -0.0245 e. The Balaban J connectivity index is 1.50. The van der Waals surface area contributed by atoms with Crippen molar-refractivity contribution in [2.75, 3.05) is 0 Å². The van der Waals surface area contributed by atoms with Crippen molar-refractivity contribution in [1.82, 2.24) is 0 Å². The first-order valence-electron chi connectivity index (χ1n) is 34.1. The first kappa shape index (κ1) is 68.0. The molecule has 1 atom stereocenters. The summed E-state index contributed by atoms with van der Waals surface area (Å²) in [5.41, 5.74) is 5.66. The summed E-state index contributed by atoms with van der Waals surface area (Å²) in [6, 6.07) is 19.0. The highest BCUT2D eigenvalue weighted by atomic mass is 14.2. The third-order valence-electron chi connectivity index (χ3n) is 16.6. The van der Waals surface area contributed by atoms with E-state index in [1.807, 2.05) is 0 Å². The maximum atomic E-state index is 2.65. The van der Waals surface area contributed by atoms with E-state index in [0.717, 1.165) is 6.42 Å². The van der Waals surface area contributed by atoms with Gasteiger partial charge >= 0.3 is 0 Å². The number of hydrogen-bond donors (Lipinski definition) is 0. The molecule has 0 heterocycles. The quantitative estimate of drug-likeness (QED) is 0.0579. The van der Waals surface area contributed by atoms with E-state index in [1.54, 1.807) is 0 Å². The Morgan fingerprint density at radius 1 is 0.270 bits per heavy atom. The van der Waals surface area contributed by atoms with Crippen molar-refractivity contribution in [3.63, 3.8) is 0 Å². The van der Waals surface area contributed by atoms with Gasteiger partial charge in [0.2, 0.25) is 0 Å². The van der Waals surface area contributed by atoms with Gasteiger partial charge in [-0.2, -0.15) is 0 Å². The third kappa shape index (κ3) is 46.1. The lowest BCUT2D eigenvalue weighted by atomic mass is 9.88. The second-order valence-corrected chi connectivity index (χ2v) is 24.0. The lowest BCUT2D eigenvalue weighted by molar-refractivity contribution is 0.488. The number of unbranched alkanes of at least 4 members (excludes halogenated alkanes) is 47. The van der Waals surface area contributed by atoms with Gasteiger partial charge in [0.1, 0.15) is 0 Å². The predicted octanol–water partition coefficient (Wildman–Crippen LogP) is 26.3. The summed E-state index contributed by atoms with van der Waals surface area (Å²) in [5, 5.41) is 0. The Morgan fingerprint density at radius 3 is 0.797 bits per heavy atom. The van der Waals surface area contributed by atoms with Crippen LogP contribution >= 0.6 is 0 Å². The molecule has 0 amide bonds. The first-order chi connectivity index (χ1) is 36.7. The highest BCUT2D eigenvalue weighted by molar-refractivity contribution is 5.50. The van der Waals surface area contributed by atoms with Gasteiger partial charge < -0.3 is 0 Å². The molecule has 0 heteroatoms. The van der Waals surface area contributed by atoms with Gasteiger partial charge in [-0.3, -0.25) is 0 Å². The smallest absolute Gasteiger partial charge is 0.0245 e. The Bertz CT molecular complexity index is 1430. The van der Waals surface area contributed by atoms with Gasteiger partial charge in [-0.05, 0) is 79.5 Å². The lowest BCUT2D eigenvalue weighted by Gasteiger charge is -2.17. The largest absolute Gasteiger partial charge is 0.0839 e. The van der Waals surface area contributed by atoms with Crippen LogP contribution < -0.4 is 0 Å². The zero-order valence-corrected chi connectivity index (χ0v) is 50.6. The fourth-order valence-corrected chi connectivity index (χ4v) is 11.5. The van der Waals surface area contributed by atoms with Crippen LogP contribution in [0.5, 0.6) is 0 Å². The molecule has 0 saturated carbocycles. The fraction of sp³-hybridized carbons (Fsp3) is 0.770. The molecule has 2 aromatic carbocycles. The van der Waals surface area contributed by atoms with Gasteiger partial charge in [0.15, 0.2) is 0 Å². The molecule has 1 radical (unpaired) electrons. The SMILES string of the molecule is CCCCCCCCCCCCCCCCCCCCCCCC=Cc1ccc(C[CH]C(CCCCCCCC)Cc2ccc(C=CCCCCCCCCCCCCCCCCCCCCCCC)cc2)cc1. The molecule has 2 rings (SSSR count). The molecule has 0 N–H and O–H groups in total. The van der Waals surface area contributed by atoms with Crippen molar-refractivity contribution in [3.05, 3.63) is 89.4 Å². The number of benzene rings is 2. The molecule has 0 bridgehead atoms. The molecule has 0 aromatic heterocycles. The van der Waals surface area contributed by atoms with Gasteiger partial charge in [-0.15, -0.1) is 0 Å². The summed E-state index contributed by atoms with van der Waals surface area (Å²) >= 11 is 0. The minimum absolute atomic E-state index is 0.639. The first-order valence-corrected chi connectivity index (χ1v) is 34.1. The van der Waals surface area contributed by atoms with Crippen molar-refractivity contribution in [2.45, 2.75) is 361 Å². The Morgan fingerprint density at radius 2 is 0.514 bits per heavy atom. The molecule has 2 aromatic rings. The van der Waals surface area contributed by atoms with Crippen LogP contribution in [0.15, 0.2) is 60.7 Å². The van der Waals surface area contributed by atoms with Crippen LogP contribution in [-0.2, 0) is 12.8 Å². The molecular weight excluding hydrogens is 889 g/mol. The molecule has 0 spiro atoms. The minimum Gasteiger partial charge on any atom is -0.0839 e. The van der Waals surface area contributed by atoms with Crippen LogP contribution in [0, 0.1) is 12.3 Å². The van der Waals surface area contributed by atoms with Gasteiger partial charge in [-0.1, -0.05) is 389 Å². The summed E-state index contributed by atoms with van der Waals surface area (Å²) in [5.74, 6) is 0.639. The van der Waals surface area contributed by atoms with Gasteiger partial charge in [0.25, 0.3) is 0 Å². The number of allylic oxidation sites excluding steroid dienone is 2. The van der Waals surface area contributed by atoms with Crippen LogP contribution in [0.1, 0.15) is 370 Å². The molecule has 0 aliphatic heterocycles. The summed E-state index contributed by atoms with van der Waals surface area (Å²) in [6.45, 7) is 6.95. The van der Waals surface area contributed by atoms with Crippen LogP contribution in [0.4, 0.5) is 0 Å². The topological polar surface area (TPSA) is 0 Å². The van der Waals surface area contributed by atoms with Crippen molar-refractivity contribution in [2.24, 2.45) is 5.92 Å². The van der Waals surface area contributed by atoms with E-state index in [4.69, 9.17) is 0 Å². The summed E-state index contributed by atoms with van der Waals surface area (Å²) in [4.78, 5) is 0. The Hall–Kier alpha value is -2.08. The highest BCUT2D eigenvalue weighted by Gasteiger charge is 2.11. The summed E-state index contributed by atoms with van der Waals surface area (Å²) in [6.07, 6.45) is 87.3. The number of hydrogen-bond acceptors (Lipinski definition) is 0. The van der Waals surface area contributed by atoms with Crippen LogP contribution in [-0.4, -0.2) is 0 Å². The Labute approximate surface area is 466 Å². The van der Waals surface area contributed by atoms with Crippen LogP contribution in [0.25, 0.3) is 12.2 Å². The van der Waals surface area contributed by atoms with E-state index >= 15 is 0 Å². The van der Waals surface area contributed by atoms with E-state index in [9.17, 15) is 0 Å². The molecule has 0 saturated heterocycles. The van der Waals surface area contributed by atoms with Crippen LogP contribution in [0.3, 0.4) is 0 Å². The van der Waals surface area contributed by atoms with Crippen molar-refractivity contribution in [3.8, 4) is 0 Å². The zero-order chi connectivity index (χ0) is 52.6. The molecule has 1 unspecified atom stereocenters. The second kappa shape index (κ2) is 55.7. The van der Waals surface area contributed by atoms with Crippen molar-refractivity contribution >= 4 is 12.2 Å². The predicted molar refractivity (Wildman–Crippen MR) is 339 cm³/mol. The normalized spacial score (nSPS) is 12.3. The fourth-order valence-electron chi connectivity index (χ4n) is 11.5. The summed E-state index contributed by atoms with van der Waals surface area (Å²) < 4.78 is 0. The minimum atomic E-state index is 0.639. The van der Waals surface area contributed by atoms with E-state index in [1.165, 1.54) is 356 Å². The zero-order valence-electron chi connectivity index (χ0n) is 50.6. The van der Waals surface area contributed by atoms with E-state index in [-0.39, 0.29) is 0 Å². The molecule has 0 aliphatic carbocycles. The average molecular weight is 1020 g/mol. The molecule has 0 nitrogen and oxygen atoms in total. The Kier molecular flexibility index (Phi) is 51.2. The number of rotatable bonds is 58. The van der Waals surface area contributed by atoms with Crippen molar-refractivity contribution < 1.29 is 0 Å². The van der Waals surface area contributed by atoms with E-state index in [2.05, 4.69) is 100 Å². The standard InChI is InChI=1S/C74H129/c1-4-7-10-13-16-18-20-22-24-26-28-30-32-34-36-38-40-42-44-46-48-51-53-56-70-59-61-72(62-60-70)65-66-73(58-55-50-15-12-9-6-3)69-74-67-63-71(64-68-74)57-54-52-49-47-45-43-41-39-37-35-33-31-29-27-25-23-21-19-17-14-11-8-5-2/h53-54,56-57,59-64,66-68,73H,4-52,55,58,65,69H2,1-3H3. The van der Waals surface area contributed by atoms with Crippen LogP contribution in [0.2, 0.25) is 0 Å². The monoisotopic (exact) mass is 1020 g/mol. The lowest BCUT2D eigenvalue weighted by Crippen LogP contribution is -2.08.